The summed E-state index contributed by atoms with van der Waals surface area (Å²) < 4.78 is 5.57. The molecule has 1 rings (SSSR count). The van der Waals surface area contributed by atoms with Crippen LogP contribution in [0, 0.1) is 5.41 Å². The molecule has 0 aromatic rings. The number of ether oxygens (including phenoxy) is 1. The highest BCUT2D eigenvalue weighted by atomic mass is 16.5. The molecule has 0 aliphatic carbocycles. The summed E-state index contributed by atoms with van der Waals surface area (Å²) in [5, 5.41) is 0. The molecule has 1 heteroatoms. The first-order chi connectivity index (χ1) is 4.35. The van der Waals surface area contributed by atoms with Crippen molar-refractivity contribution in [3.8, 4) is 0 Å². The summed E-state index contributed by atoms with van der Waals surface area (Å²) in [6.07, 6.45) is 0.986. The fourth-order valence-corrected chi connectivity index (χ4v) is 1.24. The Bertz CT molecular complexity index is 148. The third kappa shape index (κ3) is 0.938. The summed E-state index contributed by atoms with van der Waals surface area (Å²) in [5.41, 5.74) is 0.203. The molecule has 1 fully saturated rings. The van der Waals surface area contributed by atoms with E-state index in [1.54, 1.807) is 0 Å². The number of hydrogen-bond donors (Lipinski definition) is 0. The van der Waals surface area contributed by atoms with E-state index in [4.69, 9.17) is 4.74 Å². The maximum Gasteiger partial charge on any atom is 0.108 e. The zero-order chi connectivity index (χ0) is 7.99. The van der Waals surface area contributed by atoms with Crippen LogP contribution >= 0.6 is 0 Å². The van der Waals surface area contributed by atoms with E-state index in [-0.39, 0.29) is 11.0 Å². The Morgan fingerprint density at radius 2 is 1.80 bits per heavy atom. The van der Waals surface area contributed by atoms with Crippen LogP contribution in [0.4, 0.5) is 0 Å². The average Bonchev–Trinajstić information content (AvgIpc) is 1.73. The van der Waals surface area contributed by atoms with Crippen molar-refractivity contribution in [1.29, 1.82) is 0 Å². The van der Waals surface area contributed by atoms with Gasteiger partial charge in [0, 0.05) is 11.8 Å². The standard InChI is InChI=1S/C9H16O/c1-7-6-8(2,3)9(4,5)10-7/h1,6H2,2-5H3. The van der Waals surface area contributed by atoms with E-state index in [1.807, 2.05) is 0 Å². The van der Waals surface area contributed by atoms with Crippen molar-refractivity contribution in [2.24, 2.45) is 5.41 Å². The van der Waals surface area contributed by atoms with E-state index in [9.17, 15) is 0 Å². The summed E-state index contributed by atoms with van der Waals surface area (Å²) >= 11 is 0. The molecule has 0 atom stereocenters. The van der Waals surface area contributed by atoms with Crippen LogP contribution in [0.1, 0.15) is 34.1 Å². The van der Waals surface area contributed by atoms with Crippen LogP contribution in [0.15, 0.2) is 12.3 Å². The molecule has 1 aliphatic rings. The average molecular weight is 140 g/mol. The third-order valence-electron chi connectivity index (χ3n) is 2.67. The first kappa shape index (κ1) is 7.64. The Labute approximate surface area is 63.1 Å². The van der Waals surface area contributed by atoms with Crippen LogP contribution in [0.5, 0.6) is 0 Å². The lowest BCUT2D eigenvalue weighted by Gasteiger charge is -2.31. The first-order valence-corrected chi connectivity index (χ1v) is 3.72. The Kier molecular flexibility index (Phi) is 1.36. The molecule has 58 valence electrons. The summed E-state index contributed by atoms with van der Waals surface area (Å²) in [5.74, 6) is 0.926. The Morgan fingerprint density at radius 1 is 1.30 bits per heavy atom. The van der Waals surface area contributed by atoms with Gasteiger partial charge in [-0.2, -0.15) is 0 Å². The lowest BCUT2D eigenvalue weighted by molar-refractivity contribution is 0.00506. The summed E-state index contributed by atoms with van der Waals surface area (Å²) in [4.78, 5) is 0. The lowest BCUT2D eigenvalue weighted by Crippen LogP contribution is -2.34. The van der Waals surface area contributed by atoms with Gasteiger partial charge in [0.2, 0.25) is 0 Å². The molecule has 0 aromatic carbocycles. The molecule has 1 heterocycles. The highest BCUT2D eigenvalue weighted by molar-refractivity contribution is 5.06. The van der Waals surface area contributed by atoms with Crippen molar-refractivity contribution in [1.82, 2.24) is 0 Å². The van der Waals surface area contributed by atoms with Crippen LogP contribution in [0.3, 0.4) is 0 Å². The minimum Gasteiger partial charge on any atom is -0.492 e. The van der Waals surface area contributed by atoms with Crippen molar-refractivity contribution in [3.05, 3.63) is 12.3 Å². The van der Waals surface area contributed by atoms with Crippen molar-refractivity contribution < 1.29 is 4.74 Å². The lowest BCUT2D eigenvalue weighted by atomic mass is 9.77. The maximum atomic E-state index is 5.57. The van der Waals surface area contributed by atoms with Crippen LogP contribution in [0.2, 0.25) is 0 Å². The fourth-order valence-electron chi connectivity index (χ4n) is 1.24. The van der Waals surface area contributed by atoms with E-state index in [2.05, 4.69) is 34.3 Å². The normalized spacial score (nSPS) is 28.2. The minimum absolute atomic E-state index is 0.0376. The Morgan fingerprint density at radius 3 is 1.90 bits per heavy atom. The second kappa shape index (κ2) is 1.77. The van der Waals surface area contributed by atoms with Crippen molar-refractivity contribution in [2.75, 3.05) is 0 Å². The second-order valence-corrected chi connectivity index (χ2v) is 4.21. The van der Waals surface area contributed by atoms with Gasteiger partial charge in [-0.25, -0.2) is 0 Å². The van der Waals surface area contributed by atoms with Gasteiger partial charge in [-0.15, -0.1) is 0 Å². The van der Waals surface area contributed by atoms with E-state index in [0.717, 1.165) is 12.2 Å². The van der Waals surface area contributed by atoms with Gasteiger partial charge in [-0.1, -0.05) is 20.4 Å². The molecular weight excluding hydrogens is 124 g/mol. The van der Waals surface area contributed by atoms with Gasteiger partial charge in [-0.05, 0) is 13.8 Å². The molecule has 1 nitrogen and oxygen atoms in total. The number of hydrogen-bond acceptors (Lipinski definition) is 1. The maximum absolute atomic E-state index is 5.57. The van der Waals surface area contributed by atoms with E-state index >= 15 is 0 Å². The quantitative estimate of drug-likeness (QED) is 0.502. The highest BCUT2D eigenvalue weighted by Crippen LogP contribution is 2.46. The summed E-state index contributed by atoms with van der Waals surface area (Å²) in [6.45, 7) is 12.5. The molecule has 1 aliphatic heterocycles. The fraction of sp³-hybridized carbons (Fsp3) is 0.778. The highest BCUT2D eigenvalue weighted by Gasteiger charge is 2.45. The SMILES string of the molecule is C=C1CC(C)(C)C(C)(C)O1. The summed E-state index contributed by atoms with van der Waals surface area (Å²) in [6, 6.07) is 0. The van der Waals surface area contributed by atoms with Crippen LogP contribution in [-0.2, 0) is 4.74 Å². The van der Waals surface area contributed by atoms with Gasteiger partial charge in [0.1, 0.15) is 5.60 Å². The molecule has 0 saturated carbocycles. The Hall–Kier alpha value is -0.460. The van der Waals surface area contributed by atoms with Gasteiger partial charge < -0.3 is 4.74 Å². The van der Waals surface area contributed by atoms with Crippen LogP contribution in [0.25, 0.3) is 0 Å². The van der Waals surface area contributed by atoms with Crippen LogP contribution in [-0.4, -0.2) is 5.60 Å². The molecule has 0 N–H and O–H groups in total. The van der Waals surface area contributed by atoms with E-state index < -0.39 is 0 Å². The summed E-state index contributed by atoms with van der Waals surface area (Å²) in [7, 11) is 0. The molecule has 0 aromatic heterocycles. The van der Waals surface area contributed by atoms with Crippen molar-refractivity contribution in [3.63, 3.8) is 0 Å². The van der Waals surface area contributed by atoms with Crippen molar-refractivity contribution in [2.45, 2.75) is 39.7 Å². The van der Waals surface area contributed by atoms with E-state index in [0.29, 0.717) is 0 Å². The molecule has 10 heavy (non-hydrogen) atoms. The monoisotopic (exact) mass is 140 g/mol. The number of rotatable bonds is 0. The van der Waals surface area contributed by atoms with Gasteiger partial charge in [-0.3, -0.25) is 0 Å². The Balaban J connectivity index is 2.88. The second-order valence-electron chi connectivity index (χ2n) is 4.21. The van der Waals surface area contributed by atoms with Gasteiger partial charge in [0.05, 0.1) is 5.76 Å². The molecule has 0 bridgehead atoms. The predicted octanol–water partition coefficient (Wildman–Crippen LogP) is 2.73. The smallest absolute Gasteiger partial charge is 0.108 e. The molecule has 1 saturated heterocycles. The molecule has 0 unspecified atom stereocenters. The van der Waals surface area contributed by atoms with Gasteiger partial charge >= 0.3 is 0 Å². The van der Waals surface area contributed by atoms with E-state index in [1.165, 1.54) is 0 Å². The topological polar surface area (TPSA) is 9.23 Å². The first-order valence-electron chi connectivity index (χ1n) is 3.72. The van der Waals surface area contributed by atoms with Crippen molar-refractivity contribution >= 4 is 0 Å². The number of allylic oxidation sites excluding steroid dienone is 1. The minimum atomic E-state index is -0.0376. The zero-order valence-corrected chi connectivity index (χ0v) is 7.32. The molecule has 0 amide bonds. The molecular formula is C9H16O. The molecule has 0 radical (unpaired) electrons. The van der Waals surface area contributed by atoms with Gasteiger partial charge in [0.15, 0.2) is 0 Å². The zero-order valence-electron chi connectivity index (χ0n) is 7.32. The predicted molar refractivity (Wildman–Crippen MR) is 42.7 cm³/mol. The van der Waals surface area contributed by atoms with Crippen LogP contribution < -0.4 is 0 Å². The largest absolute Gasteiger partial charge is 0.492 e. The molecule has 0 spiro atoms. The third-order valence-corrected chi connectivity index (χ3v) is 2.67. The van der Waals surface area contributed by atoms with Gasteiger partial charge in [0.25, 0.3) is 0 Å².